The van der Waals surface area contributed by atoms with Gasteiger partial charge in [0, 0.05) is 44.5 Å². The van der Waals surface area contributed by atoms with Crippen molar-refractivity contribution in [1.29, 1.82) is 0 Å². The van der Waals surface area contributed by atoms with Crippen LogP contribution in [0.5, 0.6) is 23.0 Å². The third-order valence-corrected chi connectivity index (χ3v) is 6.20. The predicted molar refractivity (Wildman–Crippen MR) is 131 cm³/mol. The minimum absolute atomic E-state index is 0.0512. The van der Waals surface area contributed by atoms with E-state index >= 15 is 0 Å². The topological polar surface area (TPSA) is 75.4 Å². The average Bonchev–Trinajstić information content (AvgIpc) is 2.88. The van der Waals surface area contributed by atoms with Gasteiger partial charge in [-0.1, -0.05) is 6.07 Å². The molecule has 1 saturated heterocycles. The summed E-state index contributed by atoms with van der Waals surface area (Å²) in [5.74, 6) is 0.934. The molecule has 0 unspecified atom stereocenters. The molecule has 3 aromatic carbocycles. The maximum atomic E-state index is 13.2. The number of fused-ring (bicyclic) bond motifs is 1. The minimum Gasteiger partial charge on any atom is -0.507 e. The van der Waals surface area contributed by atoms with E-state index in [4.69, 9.17) is 13.9 Å². The fourth-order valence-corrected chi connectivity index (χ4v) is 4.28. The molecule has 1 fully saturated rings. The molecule has 0 aliphatic carbocycles. The summed E-state index contributed by atoms with van der Waals surface area (Å²) < 4.78 is 30.0. The highest BCUT2D eigenvalue weighted by Gasteiger charge is 2.21. The highest BCUT2D eigenvalue weighted by Crippen LogP contribution is 2.30. The molecule has 5 rings (SSSR count). The van der Waals surface area contributed by atoms with E-state index in [1.165, 1.54) is 24.5 Å². The van der Waals surface area contributed by atoms with Gasteiger partial charge in [0.15, 0.2) is 0 Å². The minimum atomic E-state index is -0.323. The number of methoxy groups -OCH3 is 1. The molecule has 0 saturated carbocycles. The van der Waals surface area contributed by atoms with E-state index in [2.05, 4.69) is 9.80 Å². The van der Waals surface area contributed by atoms with Gasteiger partial charge in [-0.25, -0.2) is 4.39 Å². The second kappa shape index (κ2) is 9.68. The van der Waals surface area contributed by atoms with Gasteiger partial charge in [0.25, 0.3) is 0 Å². The van der Waals surface area contributed by atoms with Crippen molar-refractivity contribution in [2.45, 2.75) is 6.54 Å². The van der Waals surface area contributed by atoms with Crippen molar-refractivity contribution in [3.05, 3.63) is 88.5 Å². The normalized spacial score (nSPS) is 14.3. The van der Waals surface area contributed by atoms with Crippen LogP contribution in [-0.2, 0) is 6.54 Å². The number of hydrogen-bond donors (Lipinski definition) is 1. The number of halogens is 1. The first-order valence-corrected chi connectivity index (χ1v) is 11.3. The summed E-state index contributed by atoms with van der Waals surface area (Å²) >= 11 is 0. The molecule has 0 spiro atoms. The first-order chi connectivity index (χ1) is 17.0. The largest absolute Gasteiger partial charge is 0.507 e. The SMILES string of the molecule is COc1cccc(Oc2coc3c(CN4CCN(c5ccc(F)cc5)CC4)c(O)ccc3c2=O)c1. The lowest BCUT2D eigenvalue weighted by molar-refractivity contribution is 0.246. The quantitative estimate of drug-likeness (QED) is 0.430. The van der Waals surface area contributed by atoms with Crippen LogP contribution in [0.25, 0.3) is 11.0 Å². The lowest BCUT2D eigenvalue weighted by Gasteiger charge is -2.36. The van der Waals surface area contributed by atoms with Crippen molar-refractivity contribution in [2.75, 3.05) is 38.2 Å². The van der Waals surface area contributed by atoms with Crippen LogP contribution in [0.2, 0.25) is 0 Å². The number of benzene rings is 3. The Balaban J connectivity index is 1.35. The number of anilines is 1. The van der Waals surface area contributed by atoms with Gasteiger partial charge < -0.3 is 23.9 Å². The molecule has 0 amide bonds. The zero-order valence-corrected chi connectivity index (χ0v) is 19.2. The van der Waals surface area contributed by atoms with Crippen molar-refractivity contribution in [3.8, 4) is 23.0 Å². The molecular weight excluding hydrogens is 451 g/mol. The molecule has 0 atom stereocenters. The lowest BCUT2D eigenvalue weighted by Crippen LogP contribution is -2.46. The maximum Gasteiger partial charge on any atom is 0.235 e. The van der Waals surface area contributed by atoms with Gasteiger partial charge >= 0.3 is 0 Å². The van der Waals surface area contributed by atoms with E-state index in [1.54, 1.807) is 49.6 Å². The number of phenols is 1. The summed E-state index contributed by atoms with van der Waals surface area (Å²) in [6, 6.07) is 16.5. The molecule has 7 nitrogen and oxygen atoms in total. The Hall–Kier alpha value is -4.04. The zero-order valence-electron chi connectivity index (χ0n) is 19.2. The van der Waals surface area contributed by atoms with E-state index in [1.807, 2.05) is 0 Å². The zero-order chi connectivity index (χ0) is 24.4. The Morgan fingerprint density at radius 2 is 1.74 bits per heavy atom. The Morgan fingerprint density at radius 3 is 2.49 bits per heavy atom. The number of nitrogens with zero attached hydrogens (tertiary/aromatic N) is 2. The standard InChI is InChI=1S/C27H25FN2O5/c1-33-20-3-2-4-21(15-20)35-25-17-34-27-22(26(25)32)9-10-24(31)23(27)16-29-11-13-30(14-12-29)19-7-5-18(28)6-8-19/h2-10,15,17,31H,11-14,16H2,1H3. The van der Waals surface area contributed by atoms with Gasteiger partial charge in [-0.3, -0.25) is 9.69 Å². The molecule has 1 aliphatic rings. The number of rotatable bonds is 6. The summed E-state index contributed by atoms with van der Waals surface area (Å²) in [4.78, 5) is 17.5. The summed E-state index contributed by atoms with van der Waals surface area (Å²) in [6.07, 6.45) is 1.28. The van der Waals surface area contributed by atoms with E-state index in [0.717, 1.165) is 31.9 Å². The van der Waals surface area contributed by atoms with E-state index in [-0.39, 0.29) is 22.7 Å². The highest BCUT2D eigenvalue weighted by molar-refractivity contribution is 5.83. The van der Waals surface area contributed by atoms with Crippen LogP contribution in [0.3, 0.4) is 0 Å². The van der Waals surface area contributed by atoms with Gasteiger partial charge in [0.2, 0.25) is 11.2 Å². The first-order valence-electron chi connectivity index (χ1n) is 11.3. The molecule has 4 aromatic rings. The molecule has 8 heteroatoms. The molecule has 1 aliphatic heterocycles. The molecule has 1 aromatic heterocycles. The first kappa shape index (κ1) is 22.7. The molecule has 180 valence electrons. The van der Waals surface area contributed by atoms with Crippen molar-refractivity contribution in [2.24, 2.45) is 0 Å². The molecule has 0 bridgehead atoms. The van der Waals surface area contributed by atoms with Gasteiger partial charge in [-0.15, -0.1) is 0 Å². The van der Waals surface area contributed by atoms with Gasteiger partial charge in [-0.05, 0) is 48.5 Å². The monoisotopic (exact) mass is 476 g/mol. The number of piperazine rings is 1. The Kier molecular flexibility index (Phi) is 6.29. The second-order valence-corrected chi connectivity index (χ2v) is 8.39. The fraction of sp³-hybridized carbons (Fsp3) is 0.222. The summed E-state index contributed by atoms with van der Waals surface area (Å²) in [5, 5.41) is 10.9. The van der Waals surface area contributed by atoms with Gasteiger partial charge in [0.05, 0.1) is 18.1 Å². The van der Waals surface area contributed by atoms with E-state index < -0.39 is 0 Å². The molecule has 0 radical (unpaired) electrons. The second-order valence-electron chi connectivity index (χ2n) is 8.39. The van der Waals surface area contributed by atoms with Gasteiger partial charge in [-0.2, -0.15) is 0 Å². The smallest absolute Gasteiger partial charge is 0.235 e. The van der Waals surface area contributed by atoms with Crippen molar-refractivity contribution < 1.29 is 23.4 Å². The fourth-order valence-electron chi connectivity index (χ4n) is 4.28. The van der Waals surface area contributed by atoms with Crippen molar-refractivity contribution in [1.82, 2.24) is 4.90 Å². The summed E-state index contributed by atoms with van der Waals surface area (Å²) in [6.45, 7) is 3.45. The maximum absolute atomic E-state index is 13.2. The van der Waals surface area contributed by atoms with E-state index in [9.17, 15) is 14.3 Å². The predicted octanol–water partition coefficient (Wildman–Crippen LogP) is 4.76. The van der Waals surface area contributed by atoms with Crippen molar-refractivity contribution in [3.63, 3.8) is 0 Å². The van der Waals surface area contributed by atoms with Crippen molar-refractivity contribution >= 4 is 16.7 Å². The number of ether oxygens (including phenoxy) is 2. The molecular formula is C27H25FN2O5. The lowest BCUT2D eigenvalue weighted by atomic mass is 10.1. The molecule has 2 heterocycles. The molecule has 35 heavy (non-hydrogen) atoms. The van der Waals surface area contributed by atoms with Crippen LogP contribution in [0.15, 0.2) is 76.1 Å². The number of hydrogen-bond acceptors (Lipinski definition) is 7. The average molecular weight is 477 g/mol. The Labute approximate surface area is 201 Å². The van der Waals surface area contributed by atoms with Crippen LogP contribution in [0.4, 0.5) is 10.1 Å². The van der Waals surface area contributed by atoms with Crippen LogP contribution >= 0.6 is 0 Å². The summed E-state index contributed by atoms with van der Waals surface area (Å²) in [5.41, 5.74) is 1.56. The third-order valence-electron chi connectivity index (χ3n) is 6.20. The Morgan fingerprint density at radius 1 is 1.00 bits per heavy atom. The van der Waals surface area contributed by atoms with Crippen LogP contribution in [0, 0.1) is 5.82 Å². The highest BCUT2D eigenvalue weighted by atomic mass is 19.1. The third kappa shape index (κ3) is 4.79. The van der Waals surface area contributed by atoms with Gasteiger partial charge in [0.1, 0.15) is 34.9 Å². The summed E-state index contributed by atoms with van der Waals surface area (Å²) in [7, 11) is 1.56. The van der Waals surface area contributed by atoms with Crippen LogP contribution in [-0.4, -0.2) is 43.3 Å². The number of phenolic OH excluding ortho intramolecular Hbond substituents is 1. The van der Waals surface area contributed by atoms with Crippen LogP contribution in [0.1, 0.15) is 5.56 Å². The van der Waals surface area contributed by atoms with E-state index in [0.29, 0.717) is 34.6 Å². The van der Waals surface area contributed by atoms with Crippen LogP contribution < -0.4 is 19.8 Å². The number of aromatic hydroxyl groups is 1. The Bertz CT molecular complexity index is 1400. The molecule has 1 N–H and O–H groups in total.